The number of rotatable bonds is 7. The fourth-order valence-electron chi connectivity index (χ4n) is 3.49. The maximum absolute atomic E-state index is 13.0. The fourth-order valence-corrected chi connectivity index (χ4v) is 6.16. The number of sulfone groups is 1. The van der Waals surface area contributed by atoms with Gasteiger partial charge in [0.2, 0.25) is 0 Å². The molecule has 1 aliphatic heterocycles. The standard InChI is InChI=1S/C18H24N6O5S2/c1-5-7-24-15(11-6-8-31(28,29)9-11)20-21-17(24)30-10(2)13(25)12-14(19)22(3)18(27)23(4)16(12)26/h5,10-11H,1,6-9,19H2,2-4H3/t10-,11-/m0/s1. The molecule has 1 fully saturated rings. The van der Waals surface area contributed by atoms with E-state index in [1.807, 2.05) is 0 Å². The van der Waals surface area contributed by atoms with Gasteiger partial charge in [-0.3, -0.25) is 18.7 Å². The molecule has 2 N–H and O–H groups in total. The van der Waals surface area contributed by atoms with Crippen molar-refractivity contribution in [2.75, 3.05) is 17.2 Å². The maximum atomic E-state index is 13.0. The van der Waals surface area contributed by atoms with Gasteiger partial charge in [0.15, 0.2) is 20.8 Å². The number of nitrogens with two attached hydrogens (primary N) is 1. The number of aromatic nitrogens is 5. The quantitative estimate of drug-likeness (QED) is 0.328. The summed E-state index contributed by atoms with van der Waals surface area (Å²) in [5.74, 6) is -0.381. The van der Waals surface area contributed by atoms with Crippen LogP contribution in [0.1, 0.15) is 35.4 Å². The molecule has 3 rings (SSSR count). The van der Waals surface area contributed by atoms with Gasteiger partial charge in [0, 0.05) is 26.6 Å². The van der Waals surface area contributed by atoms with Gasteiger partial charge in [-0.15, -0.1) is 16.8 Å². The molecule has 0 radical (unpaired) electrons. The maximum Gasteiger partial charge on any atom is 0.332 e. The van der Waals surface area contributed by atoms with E-state index in [4.69, 9.17) is 5.73 Å². The summed E-state index contributed by atoms with van der Waals surface area (Å²) >= 11 is 1.08. The van der Waals surface area contributed by atoms with E-state index in [1.54, 1.807) is 17.6 Å². The van der Waals surface area contributed by atoms with Crippen LogP contribution in [0.4, 0.5) is 5.82 Å². The molecule has 11 nitrogen and oxygen atoms in total. The minimum absolute atomic E-state index is 0.00600. The van der Waals surface area contributed by atoms with Crippen LogP contribution in [0.5, 0.6) is 0 Å². The number of carbonyl (C=O) groups excluding carboxylic acids is 1. The van der Waals surface area contributed by atoms with Gasteiger partial charge in [-0.05, 0) is 13.3 Å². The average molecular weight is 469 g/mol. The van der Waals surface area contributed by atoms with Gasteiger partial charge in [0.1, 0.15) is 17.2 Å². The van der Waals surface area contributed by atoms with Crippen LogP contribution in [-0.4, -0.2) is 54.9 Å². The summed E-state index contributed by atoms with van der Waals surface area (Å²) in [6.45, 7) is 5.66. The molecular weight excluding hydrogens is 444 g/mol. The summed E-state index contributed by atoms with van der Waals surface area (Å²) in [7, 11) is -0.444. The zero-order valence-electron chi connectivity index (χ0n) is 17.4. The number of hydrogen-bond donors (Lipinski definition) is 1. The minimum Gasteiger partial charge on any atom is -0.384 e. The first-order chi connectivity index (χ1) is 14.5. The van der Waals surface area contributed by atoms with Crippen molar-refractivity contribution in [3.8, 4) is 0 Å². The van der Waals surface area contributed by atoms with Gasteiger partial charge >= 0.3 is 5.69 Å². The summed E-state index contributed by atoms with van der Waals surface area (Å²) < 4.78 is 27.3. The second kappa shape index (κ2) is 8.46. The summed E-state index contributed by atoms with van der Waals surface area (Å²) in [4.78, 5) is 37.5. The van der Waals surface area contributed by atoms with Crippen molar-refractivity contribution in [3.05, 3.63) is 44.9 Å². The molecule has 0 aromatic carbocycles. The summed E-state index contributed by atoms with van der Waals surface area (Å²) in [5.41, 5.74) is 4.24. The highest BCUT2D eigenvalue weighted by Crippen LogP contribution is 2.32. The zero-order valence-corrected chi connectivity index (χ0v) is 19.1. The van der Waals surface area contributed by atoms with E-state index in [1.165, 1.54) is 14.1 Å². The van der Waals surface area contributed by atoms with Crippen molar-refractivity contribution in [1.82, 2.24) is 23.9 Å². The molecule has 0 unspecified atom stereocenters. The number of Topliss-reactive ketones (excluding diaryl/α,β-unsaturated/α-hetero) is 1. The van der Waals surface area contributed by atoms with Crippen LogP contribution in [-0.2, 0) is 30.5 Å². The van der Waals surface area contributed by atoms with Crippen LogP contribution >= 0.6 is 11.8 Å². The Hall–Kier alpha value is -2.67. The van der Waals surface area contributed by atoms with Crippen molar-refractivity contribution >= 4 is 33.2 Å². The van der Waals surface area contributed by atoms with Crippen LogP contribution < -0.4 is 17.0 Å². The van der Waals surface area contributed by atoms with Crippen LogP contribution in [0.3, 0.4) is 0 Å². The molecule has 2 aromatic rings. The summed E-state index contributed by atoms with van der Waals surface area (Å²) in [6.07, 6.45) is 2.09. The molecule has 3 heterocycles. The Morgan fingerprint density at radius 2 is 2.00 bits per heavy atom. The SMILES string of the molecule is C=CCn1c(S[C@@H](C)C(=O)c2c(N)n(C)c(=O)n(C)c2=O)nnc1[C@H]1CCS(=O)(=O)C1. The first-order valence-corrected chi connectivity index (χ1v) is 12.2. The molecule has 2 aromatic heterocycles. The van der Waals surface area contributed by atoms with Gasteiger partial charge in [-0.25, -0.2) is 13.2 Å². The number of hydrogen-bond acceptors (Lipinski definition) is 9. The Morgan fingerprint density at radius 1 is 1.32 bits per heavy atom. The molecule has 13 heteroatoms. The lowest BCUT2D eigenvalue weighted by molar-refractivity contribution is 0.0992. The number of ketones is 1. The smallest absolute Gasteiger partial charge is 0.332 e. The fraction of sp³-hybridized carbons (Fsp3) is 0.500. The molecule has 1 saturated heterocycles. The number of nitrogens with zero attached hydrogens (tertiary/aromatic N) is 5. The van der Waals surface area contributed by atoms with Crippen molar-refractivity contribution in [1.29, 1.82) is 0 Å². The normalized spacial score (nSPS) is 18.7. The minimum atomic E-state index is -3.11. The second-order valence-corrected chi connectivity index (χ2v) is 11.0. The van der Waals surface area contributed by atoms with Crippen LogP contribution in [0, 0.1) is 0 Å². The largest absolute Gasteiger partial charge is 0.384 e. The van der Waals surface area contributed by atoms with Crippen molar-refractivity contribution in [2.24, 2.45) is 14.1 Å². The number of carbonyl (C=O) groups is 1. The zero-order chi connectivity index (χ0) is 23.1. The summed E-state index contributed by atoms with van der Waals surface area (Å²) in [5, 5.41) is 7.96. The number of nitrogen functional groups attached to an aromatic ring is 1. The highest BCUT2D eigenvalue weighted by atomic mass is 32.2. The van der Waals surface area contributed by atoms with Gasteiger partial charge in [0.25, 0.3) is 5.56 Å². The Kier molecular flexibility index (Phi) is 6.28. The number of anilines is 1. The van der Waals surface area contributed by atoms with Crippen molar-refractivity contribution in [2.45, 2.75) is 36.2 Å². The van der Waals surface area contributed by atoms with Gasteiger partial charge < -0.3 is 10.3 Å². The molecule has 0 aliphatic carbocycles. The van der Waals surface area contributed by atoms with E-state index in [9.17, 15) is 22.8 Å². The van der Waals surface area contributed by atoms with E-state index in [0.717, 1.165) is 20.9 Å². The van der Waals surface area contributed by atoms with E-state index >= 15 is 0 Å². The van der Waals surface area contributed by atoms with Crippen LogP contribution in [0.2, 0.25) is 0 Å². The first kappa shape index (κ1) is 23.0. The highest BCUT2D eigenvalue weighted by molar-refractivity contribution is 8.00. The number of thioether (sulfide) groups is 1. The van der Waals surface area contributed by atoms with E-state index in [2.05, 4.69) is 16.8 Å². The molecule has 2 atom stereocenters. The molecule has 0 amide bonds. The molecule has 31 heavy (non-hydrogen) atoms. The molecule has 168 valence electrons. The average Bonchev–Trinajstić information content (AvgIpc) is 3.27. The predicted octanol–water partition coefficient (Wildman–Crippen LogP) is -0.291. The Bertz CT molecular complexity index is 1270. The molecule has 1 aliphatic rings. The van der Waals surface area contributed by atoms with Gasteiger partial charge in [-0.1, -0.05) is 17.8 Å². The first-order valence-electron chi connectivity index (χ1n) is 9.49. The van der Waals surface area contributed by atoms with E-state index in [0.29, 0.717) is 23.9 Å². The predicted molar refractivity (Wildman–Crippen MR) is 117 cm³/mol. The molecule has 0 spiro atoms. The van der Waals surface area contributed by atoms with E-state index in [-0.39, 0.29) is 28.8 Å². The van der Waals surface area contributed by atoms with Gasteiger partial charge in [0.05, 0.1) is 16.8 Å². The topological polar surface area (TPSA) is 152 Å². The Labute approximate surface area is 182 Å². The summed E-state index contributed by atoms with van der Waals surface area (Å²) in [6, 6.07) is 0. The second-order valence-electron chi connectivity index (χ2n) is 7.43. The third-order valence-corrected chi connectivity index (χ3v) is 8.11. The molecule has 0 bridgehead atoms. The lowest BCUT2D eigenvalue weighted by atomic mass is 10.1. The van der Waals surface area contributed by atoms with Crippen molar-refractivity contribution in [3.63, 3.8) is 0 Å². The van der Waals surface area contributed by atoms with E-state index < -0.39 is 32.1 Å². The third-order valence-electron chi connectivity index (χ3n) is 5.26. The number of allylic oxidation sites excluding steroid dienone is 1. The monoisotopic (exact) mass is 468 g/mol. The van der Waals surface area contributed by atoms with Crippen LogP contribution in [0.25, 0.3) is 0 Å². The van der Waals surface area contributed by atoms with Crippen LogP contribution in [0.15, 0.2) is 27.4 Å². The Balaban J connectivity index is 1.93. The Morgan fingerprint density at radius 3 is 2.58 bits per heavy atom. The third kappa shape index (κ3) is 4.24. The molecule has 0 saturated carbocycles. The van der Waals surface area contributed by atoms with Gasteiger partial charge in [-0.2, -0.15) is 0 Å². The highest BCUT2D eigenvalue weighted by Gasteiger charge is 2.34. The lowest BCUT2D eigenvalue weighted by Gasteiger charge is -2.15. The molecular formula is C18H24N6O5S2. The van der Waals surface area contributed by atoms with Crippen molar-refractivity contribution < 1.29 is 13.2 Å². The lowest BCUT2D eigenvalue weighted by Crippen LogP contribution is -2.42.